The number of aryl methyl sites for hydroxylation is 1. The summed E-state index contributed by atoms with van der Waals surface area (Å²) < 4.78 is 6.87. The molecular weight excluding hydrogens is 256 g/mol. The summed E-state index contributed by atoms with van der Waals surface area (Å²) in [4.78, 5) is 16.3. The van der Waals surface area contributed by atoms with Crippen LogP contribution < -0.4 is 15.8 Å². The number of amides is 1. The van der Waals surface area contributed by atoms with Gasteiger partial charge in [-0.15, -0.1) is 0 Å². The number of nitrogens with one attached hydrogen (secondary N) is 1. The number of carbonyl (C=O) groups is 1. The number of carbonyl (C=O) groups excluding carboxylic acids is 1. The molecule has 1 aromatic heterocycles. The zero-order valence-corrected chi connectivity index (χ0v) is 11.8. The molecular formula is C14H18N4O2. The van der Waals surface area contributed by atoms with Crippen LogP contribution in [0.5, 0.6) is 5.75 Å². The fourth-order valence-corrected chi connectivity index (χ4v) is 1.94. The van der Waals surface area contributed by atoms with E-state index in [2.05, 4.69) is 10.3 Å². The van der Waals surface area contributed by atoms with Gasteiger partial charge in [-0.25, -0.2) is 4.98 Å². The molecule has 0 aliphatic rings. The number of nitrogens with zero attached hydrogens (tertiary/aromatic N) is 2. The largest absolute Gasteiger partial charge is 0.497 e. The number of hydrogen-bond donors (Lipinski definition) is 2. The van der Waals surface area contributed by atoms with E-state index in [1.807, 2.05) is 13.8 Å². The first-order valence-corrected chi connectivity index (χ1v) is 6.26. The predicted molar refractivity (Wildman–Crippen MR) is 77.7 cm³/mol. The highest BCUT2D eigenvalue weighted by molar-refractivity contribution is 5.96. The van der Waals surface area contributed by atoms with Crippen molar-refractivity contribution in [2.45, 2.75) is 19.9 Å². The van der Waals surface area contributed by atoms with E-state index in [-0.39, 0.29) is 11.9 Å². The Morgan fingerprint density at radius 3 is 2.80 bits per heavy atom. The van der Waals surface area contributed by atoms with E-state index >= 15 is 0 Å². The van der Waals surface area contributed by atoms with Crippen molar-refractivity contribution in [2.75, 3.05) is 18.2 Å². The highest BCUT2D eigenvalue weighted by Crippen LogP contribution is 2.25. The Kier molecular flexibility index (Phi) is 3.93. The van der Waals surface area contributed by atoms with Crippen molar-refractivity contribution in [3.8, 4) is 5.75 Å². The summed E-state index contributed by atoms with van der Waals surface area (Å²) in [6, 6.07) is 4.78. The number of methoxy groups -OCH3 is 1. The Morgan fingerprint density at radius 2 is 2.25 bits per heavy atom. The monoisotopic (exact) mass is 274 g/mol. The van der Waals surface area contributed by atoms with Crippen molar-refractivity contribution in [3.63, 3.8) is 0 Å². The molecule has 2 rings (SSSR count). The lowest BCUT2D eigenvalue weighted by Crippen LogP contribution is -2.24. The van der Waals surface area contributed by atoms with E-state index in [1.165, 1.54) is 0 Å². The summed E-state index contributed by atoms with van der Waals surface area (Å²) in [5.41, 5.74) is 6.91. The maximum Gasteiger partial charge on any atom is 0.247 e. The molecule has 3 N–H and O–H groups in total. The Labute approximate surface area is 117 Å². The molecule has 106 valence electrons. The van der Waals surface area contributed by atoms with Gasteiger partial charge < -0.3 is 20.4 Å². The van der Waals surface area contributed by atoms with Crippen molar-refractivity contribution in [3.05, 3.63) is 36.4 Å². The Hall–Kier alpha value is -2.50. The predicted octanol–water partition coefficient (Wildman–Crippen LogP) is 1.98. The first-order valence-electron chi connectivity index (χ1n) is 6.26. The smallest absolute Gasteiger partial charge is 0.247 e. The number of nitrogen functional groups attached to an aromatic ring is 1. The number of hydrogen-bond acceptors (Lipinski definition) is 4. The van der Waals surface area contributed by atoms with Crippen LogP contribution in [0, 0.1) is 6.92 Å². The highest BCUT2D eigenvalue weighted by Gasteiger charge is 2.17. The van der Waals surface area contributed by atoms with E-state index in [4.69, 9.17) is 10.5 Å². The fourth-order valence-electron chi connectivity index (χ4n) is 1.94. The average Bonchev–Trinajstić information content (AvgIpc) is 2.86. The van der Waals surface area contributed by atoms with Gasteiger partial charge in [-0.05, 0) is 26.0 Å². The SMILES string of the molecule is COc1ccc(NC(=O)C(C)n2ccnc2C)c(N)c1. The average molecular weight is 274 g/mol. The molecule has 20 heavy (non-hydrogen) atoms. The second-order valence-corrected chi connectivity index (χ2v) is 4.50. The van der Waals surface area contributed by atoms with Crippen molar-refractivity contribution in [1.29, 1.82) is 0 Å². The number of aromatic nitrogens is 2. The quantitative estimate of drug-likeness (QED) is 0.835. The molecule has 0 fully saturated rings. The molecule has 0 saturated carbocycles. The van der Waals surface area contributed by atoms with Crippen molar-refractivity contribution < 1.29 is 9.53 Å². The lowest BCUT2D eigenvalue weighted by molar-refractivity contribution is -0.118. The molecule has 6 heteroatoms. The van der Waals surface area contributed by atoms with Gasteiger partial charge in [-0.2, -0.15) is 0 Å². The van der Waals surface area contributed by atoms with E-state index in [1.54, 1.807) is 42.3 Å². The van der Waals surface area contributed by atoms with Gasteiger partial charge in [0.2, 0.25) is 5.91 Å². The molecule has 0 bridgehead atoms. The van der Waals surface area contributed by atoms with Crippen LogP contribution in [0.15, 0.2) is 30.6 Å². The van der Waals surface area contributed by atoms with Crippen LogP contribution in [-0.4, -0.2) is 22.6 Å². The van der Waals surface area contributed by atoms with E-state index in [9.17, 15) is 4.79 Å². The van der Waals surface area contributed by atoms with Crippen LogP contribution in [0.1, 0.15) is 18.8 Å². The van der Waals surface area contributed by atoms with Crippen molar-refractivity contribution in [1.82, 2.24) is 9.55 Å². The second kappa shape index (κ2) is 5.64. The van der Waals surface area contributed by atoms with E-state index in [0.29, 0.717) is 17.1 Å². The summed E-state index contributed by atoms with van der Waals surface area (Å²) in [5.74, 6) is 1.29. The minimum absolute atomic E-state index is 0.150. The van der Waals surface area contributed by atoms with Crippen LogP contribution in [0.25, 0.3) is 0 Å². The number of imidazole rings is 1. The molecule has 0 saturated heterocycles. The fraction of sp³-hybridized carbons (Fsp3) is 0.286. The Balaban J connectivity index is 2.14. The molecule has 1 atom stereocenters. The summed E-state index contributed by atoms with van der Waals surface area (Å²) in [6.07, 6.45) is 3.44. The van der Waals surface area contributed by atoms with Gasteiger partial charge in [0.1, 0.15) is 17.6 Å². The van der Waals surface area contributed by atoms with E-state index in [0.717, 1.165) is 5.82 Å². The minimum Gasteiger partial charge on any atom is -0.497 e. The number of ether oxygens (including phenoxy) is 1. The molecule has 0 radical (unpaired) electrons. The number of nitrogens with two attached hydrogens (primary N) is 1. The molecule has 2 aromatic rings. The Bertz CT molecular complexity index is 621. The zero-order valence-electron chi connectivity index (χ0n) is 11.8. The third-order valence-corrected chi connectivity index (χ3v) is 3.18. The molecule has 0 aliphatic carbocycles. The van der Waals surface area contributed by atoms with E-state index < -0.39 is 0 Å². The van der Waals surface area contributed by atoms with Gasteiger partial charge >= 0.3 is 0 Å². The third kappa shape index (κ3) is 2.74. The lowest BCUT2D eigenvalue weighted by Gasteiger charge is -2.16. The van der Waals surface area contributed by atoms with Crippen molar-refractivity contribution in [2.24, 2.45) is 0 Å². The van der Waals surface area contributed by atoms with Gasteiger partial charge in [-0.3, -0.25) is 4.79 Å². The Morgan fingerprint density at radius 1 is 1.50 bits per heavy atom. The maximum absolute atomic E-state index is 12.2. The molecule has 1 heterocycles. The zero-order chi connectivity index (χ0) is 14.7. The van der Waals surface area contributed by atoms with Crippen LogP contribution in [0.3, 0.4) is 0 Å². The third-order valence-electron chi connectivity index (χ3n) is 3.18. The van der Waals surface area contributed by atoms with Crippen molar-refractivity contribution >= 4 is 17.3 Å². The first kappa shape index (κ1) is 13.9. The summed E-state index contributed by atoms with van der Waals surface area (Å²) in [5, 5.41) is 2.81. The van der Waals surface area contributed by atoms with Crippen LogP contribution in [0.4, 0.5) is 11.4 Å². The van der Waals surface area contributed by atoms with Gasteiger partial charge in [0.15, 0.2) is 0 Å². The second-order valence-electron chi connectivity index (χ2n) is 4.50. The molecule has 0 aliphatic heterocycles. The number of anilines is 2. The molecule has 0 spiro atoms. The minimum atomic E-state index is -0.362. The summed E-state index contributed by atoms with van der Waals surface area (Å²) in [6.45, 7) is 3.66. The van der Waals surface area contributed by atoms with Gasteiger partial charge in [0.05, 0.1) is 18.5 Å². The van der Waals surface area contributed by atoms with Crippen LogP contribution >= 0.6 is 0 Å². The lowest BCUT2D eigenvalue weighted by atomic mass is 10.2. The van der Waals surface area contributed by atoms with Crippen LogP contribution in [0.2, 0.25) is 0 Å². The van der Waals surface area contributed by atoms with Crippen LogP contribution in [-0.2, 0) is 4.79 Å². The van der Waals surface area contributed by atoms with Gasteiger partial charge in [0, 0.05) is 18.5 Å². The number of rotatable bonds is 4. The molecule has 1 unspecified atom stereocenters. The first-order chi connectivity index (χ1) is 9.52. The molecule has 1 aromatic carbocycles. The van der Waals surface area contributed by atoms with Gasteiger partial charge in [0.25, 0.3) is 0 Å². The number of benzene rings is 1. The topological polar surface area (TPSA) is 82.2 Å². The summed E-state index contributed by atoms with van der Waals surface area (Å²) in [7, 11) is 1.57. The molecule has 6 nitrogen and oxygen atoms in total. The normalized spacial score (nSPS) is 11.9. The standard InChI is InChI=1S/C14H18N4O2/c1-9(18-7-6-16-10(18)2)14(19)17-13-5-4-11(20-3)8-12(13)15/h4-9H,15H2,1-3H3,(H,17,19). The molecule has 1 amide bonds. The highest BCUT2D eigenvalue weighted by atomic mass is 16.5. The van der Waals surface area contributed by atoms with Gasteiger partial charge in [-0.1, -0.05) is 0 Å². The maximum atomic E-state index is 12.2. The summed E-state index contributed by atoms with van der Waals surface area (Å²) >= 11 is 0.